The van der Waals surface area contributed by atoms with E-state index in [4.69, 9.17) is 0 Å². The van der Waals surface area contributed by atoms with Crippen LogP contribution >= 0.6 is 0 Å². The van der Waals surface area contributed by atoms with Crippen LogP contribution in [0.4, 0.5) is 0 Å². The first kappa shape index (κ1) is 15.5. The number of fused-ring (bicyclic) bond motifs is 2. The monoisotopic (exact) mass is 323 g/mol. The predicted octanol–water partition coefficient (Wildman–Crippen LogP) is 2.44. The van der Waals surface area contributed by atoms with Gasteiger partial charge in [-0.2, -0.15) is 4.31 Å². The lowest BCUT2D eigenvalue weighted by atomic mass is 9.89. The van der Waals surface area contributed by atoms with Crippen molar-refractivity contribution in [2.24, 2.45) is 5.92 Å². The summed E-state index contributed by atoms with van der Waals surface area (Å²) >= 11 is 0. The number of rotatable bonds is 4. The Hall–Kier alpha value is -1.40. The summed E-state index contributed by atoms with van der Waals surface area (Å²) in [7, 11) is -3.63. The van der Waals surface area contributed by atoms with E-state index in [-0.39, 0.29) is 16.9 Å². The fourth-order valence-electron chi connectivity index (χ4n) is 3.73. The molecular formula is C16H21NO4S. The molecule has 2 aliphatic rings. The number of hydrogen-bond donors (Lipinski definition) is 1. The number of benzene rings is 1. The zero-order valence-corrected chi connectivity index (χ0v) is 13.6. The molecule has 3 rings (SSSR count). The zero-order chi connectivity index (χ0) is 16.1. The highest BCUT2D eigenvalue weighted by Crippen LogP contribution is 2.45. The van der Waals surface area contributed by atoms with Gasteiger partial charge in [0.05, 0.1) is 10.8 Å². The highest BCUT2D eigenvalue weighted by molar-refractivity contribution is 7.89. The maximum atomic E-state index is 13.0. The molecule has 22 heavy (non-hydrogen) atoms. The second kappa shape index (κ2) is 5.35. The van der Waals surface area contributed by atoms with Crippen molar-refractivity contribution < 1.29 is 18.3 Å². The molecule has 0 aromatic heterocycles. The van der Waals surface area contributed by atoms with Gasteiger partial charge in [0.15, 0.2) is 0 Å². The highest BCUT2D eigenvalue weighted by Gasteiger charge is 2.54. The molecule has 2 aliphatic heterocycles. The third-order valence-corrected chi connectivity index (χ3v) is 6.86. The summed E-state index contributed by atoms with van der Waals surface area (Å²) in [5, 5.41) is 9.28. The Morgan fingerprint density at radius 3 is 2.64 bits per heavy atom. The summed E-state index contributed by atoms with van der Waals surface area (Å²) < 4.78 is 27.4. The molecule has 2 heterocycles. The first-order valence-corrected chi connectivity index (χ1v) is 9.12. The lowest BCUT2D eigenvalue weighted by molar-refractivity contribution is -0.142. The Labute approximate surface area is 131 Å². The topological polar surface area (TPSA) is 74.7 Å². The Bertz CT molecular complexity index is 698. The minimum atomic E-state index is -3.63. The zero-order valence-electron chi connectivity index (χ0n) is 12.8. The average molecular weight is 323 g/mol. The van der Waals surface area contributed by atoms with Gasteiger partial charge >= 0.3 is 5.97 Å². The van der Waals surface area contributed by atoms with E-state index in [2.05, 4.69) is 0 Å². The van der Waals surface area contributed by atoms with Crippen molar-refractivity contribution >= 4 is 16.0 Å². The van der Waals surface area contributed by atoms with E-state index >= 15 is 0 Å². The number of nitrogens with zero attached hydrogens (tertiary/aromatic N) is 1. The van der Waals surface area contributed by atoms with Crippen LogP contribution in [-0.4, -0.2) is 35.9 Å². The third kappa shape index (κ3) is 2.34. The van der Waals surface area contributed by atoms with E-state index in [1.54, 1.807) is 18.2 Å². The highest BCUT2D eigenvalue weighted by atomic mass is 32.2. The van der Waals surface area contributed by atoms with Gasteiger partial charge < -0.3 is 5.11 Å². The molecule has 1 aromatic rings. The fourth-order valence-corrected chi connectivity index (χ4v) is 5.71. The van der Waals surface area contributed by atoms with Crippen molar-refractivity contribution in [2.75, 3.05) is 0 Å². The smallest absolute Gasteiger partial charge is 0.308 e. The molecule has 0 spiro atoms. The van der Waals surface area contributed by atoms with Crippen LogP contribution in [0.2, 0.25) is 0 Å². The molecule has 1 N–H and O–H groups in total. The van der Waals surface area contributed by atoms with Crippen LogP contribution in [0.5, 0.6) is 0 Å². The second-order valence-corrected chi connectivity index (χ2v) is 8.38. The molecule has 5 nitrogen and oxygen atoms in total. The number of hydrogen-bond acceptors (Lipinski definition) is 3. The molecule has 3 unspecified atom stereocenters. The third-order valence-electron chi connectivity index (χ3n) is 4.89. The van der Waals surface area contributed by atoms with Gasteiger partial charge in [-0.25, -0.2) is 8.42 Å². The largest absolute Gasteiger partial charge is 0.481 e. The molecule has 0 radical (unpaired) electrons. The van der Waals surface area contributed by atoms with Crippen LogP contribution in [0.15, 0.2) is 29.2 Å². The van der Waals surface area contributed by atoms with Crippen LogP contribution in [0, 0.1) is 5.92 Å². The summed E-state index contributed by atoms with van der Waals surface area (Å²) in [6.07, 6.45) is 1.84. The SMILES string of the molecule is CC(C)c1cccc(S(=O)(=O)N2C3CCC2C(C(=O)O)C3)c1. The Morgan fingerprint density at radius 1 is 1.32 bits per heavy atom. The molecule has 2 saturated heterocycles. The van der Waals surface area contributed by atoms with Crippen molar-refractivity contribution in [3.63, 3.8) is 0 Å². The molecule has 0 aliphatic carbocycles. The van der Waals surface area contributed by atoms with E-state index in [9.17, 15) is 18.3 Å². The molecule has 2 fully saturated rings. The van der Waals surface area contributed by atoms with Gasteiger partial charge in [-0.15, -0.1) is 0 Å². The maximum Gasteiger partial charge on any atom is 0.308 e. The van der Waals surface area contributed by atoms with Crippen LogP contribution < -0.4 is 0 Å². The molecule has 120 valence electrons. The number of carboxylic acids is 1. The molecule has 0 saturated carbocycles. The van der Waals surface area contributed by atoms with Crippen molar-refractivity contribution in [1.82, 2.24) is 4.31 Å². The first-order valence-electron chi connectivity index (χ1n) is 7.68. The summed E-state index contributed by atoms with van der Waals surface area (Å²) in [4.78, 5) is 11.6. The fraction of sp³-hybridized carbons (Fsp3) is 0.562. The minimum Gasteiger partial charge on any atom is -0.481 e. The van der Waals surface area contributed by atoms with Gasteiger partial charge in [0, 0.05) is 12.1 Å². The summed E-state index contributed by atoms with van der Waals surface area (Å²) in [6, 6.07) is 6.44. The summed E-state index contributed by atoms with van der Waals surface area (Å²) in [5.74, 6) is -1.21. The standard InChI is InChI=1S/C16H21NO4S/c1-10(2)11-4-3-5-13(8-11)22(20,21)17-12-6-7-15(17)14(9-12)16(18)19/h3-5,8,10,12,14-15H,6-7,9H2,1-2H3,(H,18,19). The molecule has 0 amide bonds. The van der Waals surface area contributed by atoms with Gasteiger partial charge in [-0.05, 0) is 42.9 Å². The van der Waals surface area contributed by atoms with Crippen LogP contribution in [0.1, 0.15) is 44.6 Å². The molecule has 3 atom stereocenters. The van der Waals surface area contributed by atoms with Crippen molar-refractivity contribution in [3.05, 3.63) is 29.8 Å². The van der Waals surface area contributed by atoms with Crippen LogP contribution in [-0.2, 0) is 14.8 Å². The van der Waals surface area contributed by atoms with E-state index < -0.39 is 28.0 Å². The van der Waals surface area contributed by atoms with E-state index in [0.29, 0.717) is 12.8 Å². The minimum absolute atomic E-state index is 0.168. The molecular weight excluding hydrogens is 302 g/mol. The maximum absolute atomic E-state index is 13.0. The molecule has 1 aromatic carbocycles. The van der Waals surface area contributed by atoms with Crippen molar-refractivity contribution in [3.8, 4) is 0 Å². The van der Waals surface area contributed by atoms with Crippen molar-refractivity contribution in [2.45, 2.75) is 56.0 Å². The number of aliphatic carboxylic acids is 1. The summed E-state index contributed by atoms with van der Waals surface area (Å²) in [5.41, 5.74) is 0.974. The Morgan fingerprint density at radius 2 is 2.05 bits per heavy atom. The lowest BCUT2D eigenvalue weighted by Crippen LogP contribution is -2.37. The molecule has 6 heteroatoms. The number of carbonyl (C=O) groups is 1. The van der Waals surface area contributed by atoms with Gasteiger partial charge in [0.25, 0.3) is 0 Å². The van der Waals surface area contributed by atoms with E-state index in [0.717, 1.165) is 12.0 Å². The quantitative estimate of drug-likeness (QED) is 0.923. The number of carboxylic acid groups (broad SMARTS) is 1. The van der Waals surface area contributed by atoms with Gasteiger partial charge in [-0.1, -0.05) is 26.0 Å². The molecule has 2 bridgehead atoms. The lowest BCUT2D eigenvalue weighted by Gasteiger charge is -2.23. The van der Waals surface area contributed by atoms with Crippen LogP contribution in [0.25, 0.3) is 0 Å². The predicted molar refractivity (Wildman–Crippen MR) is 82.1 cm³/mol. The Balaban J connectivity index is 1.97. The normalized spacial score (nSPS) is 28.4. The van der Waals surface area contributed by atoms with E-state index in [1.807, 2.05) is 19.9 Å². The van der Waals surface area contributed by atoms with Gasteiger partial charge in [-0.3, -0.25) is 4.79 Å². The summed E-state index contributed by atoms with van der Waals surface area (Å²) in [6.45, 7) is 4.04. The van der Waals surface area contributed by atoms with Crippen LogP contribution in [0.3, 0.4) is 0 Å². The van der Waals surface area contributed by atoms with Crippen molar-refractivity contribution in [1.29, 1.82) is 0 Å². The Kier molecular flexibility index (Phi) is 3.77. The van der Waals surface area contributed by atoms with E-state index in [1.165, 1.54) is 4.31 Å². The number of sulfonamides is 1. The van der Waals surface area contributed by atoms with Gasteiger partial charge in [0.2, 0.25) is 10.0 Å². The van der Waals surface area contributed by atoms with Gasteiger partial charge in [0.1, 0.15) is 0 Å². The average Bonchev–Trinajstić information content (AvgIpc) is 3.05. The second-order valence-electron chi connectivity index (χ2n) is 6.54. The first-order chi connectivity index (χ1) is 10.3.